The molecule has 3 rings (SSSR count). The lowest BCUT2D eigenvalue weighted by atomic mass is 9.75. The van der Waals surface area contributed by atoms with Gasteiger partial charge in [0.1, 0.15) is 0 Å². The van der Waals surface area contributed by atoms with Gasteiger partial charge in [-0.1, -0.05) is 38.1 Å². The second kappa shape index (κ2) is 4.41. The van der Waals surface area contributed by atoms with Crippen LogP contribution in [0.3, 0.4) is 0 Å². The Morgan fingerprint density at radius 3 is 2.89 bits per heavy atom. The Hall–Kier alpha value is -1.77. The zero-order valence-corrected chi connectivity index (χ0v) is 11.3. The standard InChI is InChI=1S/C16H19NO2/c1-9(2)14-11-6-3-5-10(11)12-7-4-8-13(16(18)19)15(12)17-14/h3-5,7-11,14,17H,6H2,1-2H3,(H,18,19)/t10-,11+,14-/m1/s1. The summed E-state index contributed by atoms with van der Waals surface area (Å²) in [6.07, 6.45) is 5.55. The molecule has 0 saturated carbocycles. The molecule has 3 heteroatoms. The Bertz CT molecular complexity index is 548. The lowest BCUT2D eigenvalue weighted by Gasteiger charge is -2.40. The topological polar surface area (TPSA) is 49.3 Å². The summed E-state index contributed by atoms with van der Waals surface area (Å²) < 4.78 is 0. The van der Waals surface area contributed by atoms with Gasteiger partial charge in [0, 0.05) is 12.0 Å². The molecule has 0 aromatic heterocycles. The number of fused-ring (bicyclic) bond motifs is 3. The zero-order valence-electron chi connectivity index (χ0n) is 11.3. The Kier molecular flexibility index (Phi) is 2.85. The van der Waals surface area contributed by atoms with E-state index in [1.807, 2.05) is 6.07 Å². The van der Waals surface area contributed by atoms with Crippen LogP contribution in [0.1, 0.15) is 42.1 Å². The number of anilines is 1. The smallest absolute Gasteiger partial charge is 0.337 e. The molecule has 1 aromatic carbocycles. The Labute approximate surface area is 113 Å². The normalized spacial score (nSPS) is 27.8. The van der Waals surface area contributed by atoms with Crippen molar-refractivity contribution < 1.29 is 9.90 Å². The van der Waals surface area contributed by atoms with Gasteiger partial charge in [-0.3, -0.25) is 0 Å². The van der Waals surface area contributed by atoms with Crippen LogP contribution in [0.5, 0.6) is 0 Å². The summed E-state index contributed by atoms with van der Waals surface area (Å²) in [4.78, 5) is 11.4. The molecule has 1 aliphatic carbocycles. The van der Waals surface area contributed by atoms with E-state index in [-0.39, 0.29) is 0 Å². The van der Waals surface area contributed by atoms with Crippen molar-refractivity contribution in [3.8, 4) is 0 Å². The van der Waals surface area contributed by atoms with Gasteiger partial charge in [-0.05, 0) is 29.9 Å². The molecule has 1 aliphatic heterocycles. The summed E-state index contributed by atoms with van der Waals surface area (Å²) in [5, 5.41) is 12.8. The van der Waals surface area contributed by atoms with Crippen molar-refractivity contribution in [3.05, 3.63) is 41.5 Å². The third kappa shape index (κ3) is 1.84. The third-order valence-corrected chi connectivity index (χ3v) is 4.39. The van der Waals surface area contributed by atoms with Crippen LogP contribution in [-0.2, 0) is 0 Å². The molecule has 0 saturated heterocycles. The van der Waals surface area contributed by atoms with E-state index in [0.29, 0.717) is 29.4 Å². The fraction of sp³-hybridized carbons (Fsp3) is 0.438. The van der Waals surface area contributed by atoms with Crippen LogP contribution in [0.15, 0.2) is 30.4 Å². The van der Waals surface area contributed by atoms with Crippen LogP contribution in [0.4, 0.5) is 5.69 Å². The molecule has 100 valence electrons. The van der Waals surface area contributed by atoms with Gasteiger partial charge in [-0.15, -0.1) is 0 Å². The van der Waals surface area contributed by atoms with Gasteiger partial charge in [0.05, 0.1) is 11.3 Å². The van der Waals surface area contributed by atoms with E-state index in [4.69, 9.17) is 0 Å². The highest BCUT2D eigenvalue weighted by atomic mass is 16.4. The number of hydrogen-bond donors (Lipinski definition) is 2. The zero-order chi connectivity index (χ0) is 13.6. The molecule has 0 bridgehead atoms. The fourth-order valence-corrected chi connectivity index (χ4v) is 3.50. The highest BCUT2D eigenvalue weighted by molar-refractivity contribution is 5.95. The summed E-state index contributed by atoms with van der Waals surface area (Å²) in [6.45, 7) is 4.39. The average Bonchev–Trinajstić information content (AvgIpc) is 2.85. The van der Waals surface area contributed by atoms with E-state index in [2.05, 4.69) is 37.4 Å². The van der Waals surface area contributed by atoms with Crippen molar-refractivity contribution in [2.24, 2.45) is 11.8 Å². The second-order valence-electron chi connectivity index (χ2n) is 5.84. The molecule has 1 aromatic rings. The number of carboxylic acid groups (broad SMARTS) is 1. The summed E-state index contributed by atoms with van der Waals surface area (Å²) in [6, 6.07) is 5.93. The van der Waals surface area contributed by atoms with Crippen LogP contribution in [0.2, 0.25) is 0 Å². The van der Waals surface area contributed by atoms with Crippen molar-refractivity contribution >= 4 is 11.7 Å². The van der Waals surface area contributed by atoms with Gasteiger partial charge in [0.15, 0.2) is 0 Å². The largest absolute Gasteiger partial charge is 0.478 e. The minimum atomic E-state index is -0.854. The number of carboxylic acids is 1. The second-order valence-corrected chi connectivity index (χ2v) is 5.84. The maximum absolute atomic E-state index is 11.4. The van der Waals surface area contributed by atoms with Crippen molar-refractivity contribution in [2.45, 2.75) is 32.2 Å². The predicted octanol–water partition coefficient (Wildman–Crippen LogP) is 3.49. The number of carbonyl (C=O) groups is 1. The first-order valence-electron chi connectivity index (χ1n) is 6.89. The van der Waals surface area contributed by atoms with E-state index in [0.717, 1.165) is 17.7 Å². The molecular weight excluding hydrogens is 238 g/mol. The number of aromatic carboxylic acids is 1. The maximum Gasteiger partial charge on any atom is 0.337 e. The van der Waals surface area contributed by atoms with Gasteiger partial charge < -0.3 is 10.4 Å². The lowest BCUT2D eigenvalue weighted by Crippen LogP contribution is -2.40. The molecule has 19 heavy (non-hydrogen) atoms. The van der Waals surface area contributed by atoms with Gasteiger partial charge >= 0.3 is 5.97 Å². The summed E-state index contributed by atoms with van der Waals surface area (Å²) >= 11 is 0. The molecule has 0 fully saturated rings. The van der Waals surface area contributed by atoms with E-state index in [9.17, 15) is 9.90 Å². The molecular formula is C16H19NO2. The van der Waals surface area contributed by atoms with Crippen molar-refractivity contribution in [3.63, 3.8) is 0 Å². The van der Waals surface area contributed by atoms with Crippen LogP contribution in [0.25, 0.3) is 0 Å². The first-order valence-corrected chi connectivity index (χ1v) is 6.89. The Morgan fingerprint density at radius 1 is 1.42 bits per heavy atom. The summed E-state index contributed by atoms with van der Waals surface area (Å²) in [5.41, 5.74) is 2.35. The minimum Gasteiger partial charge on any atom is -0.478 e. The lowest BCUT2D eigenvalue weighted by molar-refractivity contribution is 0.0697. The number of nitrogens with one attached hydrogen (secondary N) is 1. The van der Waals surface area contributed by atoms with Gasteiger partial charge in [-0.2, -0.15) is 0 Å². The molecule has 2 N–H and O–H groups in total. The van der Waals surface area contributed by atoms with Crippen LogP contribution in [-0.4, -0.2) is 17.1 Å². The molecule has 0 amide bonds. The molecule has 2 aliphatic rings. The number of para-hydroxylation sites is 1. The molecule has 3 atom stereocenters. The van der Waals surface area contributed by atoms with Crippen LogP contribution < -0.4 is 5.32 Å². The monoisotopic (exact) mass is 257 g/mol. The molecule has 0 unspecified atom stereocenters. The average molecular weight is 257 g/mol. The first-order chi connectivity index (χ1) is 9.09. The minimum absolute atomic E-state index is 0.341. The number of rotatable bonds is 2. The van der Waals surface area contributed by atoms with Gasteiger partial charge in [0.25, 0.3) is 0 Å². The Morgan fingerprint density at radius 2 is 2.21 bits per heavy atom. The number of benzene rings is 1. The predicted molar refractivity (Wildman–Crippen MR) is 75.6 cm³/mol. The van der Waals surface area contributed by atoms with E-state index >= 15 is 0 Å². The first kappa shape index (κ1) is 12.3. The van der Waals surface area contributed by atoms with Crippen molar-refractivity contribution in [2.75, 3.05) is 5.32 Å². The quantitative estimate of drug-likeness (QED) is 0.797. The molecule has 0 spiro atoms. The van der Waals surface area contributed by atoms with Crippen LogP contribution in [0, 0.1) is 11.8 Å². The summed E-state index contributed by atoms with van der Waals surface area (Å²) in [5.74, 6) is 0.550. The van der Waals surface area contributed by atoms with Crippen molar-refractivity contribution in [1.29, 1.82) is 0 Å². The van der Waals surface area contributed by atoms with Crippen molar-refractivity contribution in [1.82, 2.24) is 0 Å². The van der Waals surface area contributed by atoms with Gasteiger partial charge in [0.2, 0.25) is 0 Å². The van der Waals surface area contributed by atoms with E-state index in [1.165, 1.54) is 0 Å². The highest BCUT2D eigenvalue weighted by Gasteiger charge is 2.39. The number of hydrogen-bond acceptors (Lipinski definition) is 2. The summed E-state index contributed by atoms with van der Waals surface area (Å²) in [7, 11) is 0. The Balaban J connectivity index is 2.13. The molecule has 3 nitrogen and oxygen atoms in total. The SMILES string of the molecule is CC(C)[C@H]1Nc2c(C(=O)O)cccc2[C@@H]2C=CC[C@H]12. The van der Waals surface area contributed by atoms with Gasteiger partial charge in [-0.25, -0.2) is 4.79 Å². The van der Waals surface area contributed by atoms with E-state index < -0.39 is 5.97 Å². The van der Waals surface area contributed by atoms with Crippen LogP contribution >= 0.6 is 0 Å². The molecule has 1 heterocycles. The number of allylic oxidation sites excluding steroid dienone is 2. The highest BCUT2D eigenvalue weighted by Crippen LogP contribution is 2.47. The van der Waals surface area contributed by atoms with E-state index in [1.54, 1.807) is 6.07 Å². The third-order valence-electron chi connectivity index (χ3n) is 4.39. The molecule has 0 radical (unpaired) electrons. The maximum atomic E-state index is 11.4. The fourth-order valence-electron chi connectivity index (χ4n) is 3.50.